The number of rotatable bonds is 10. The Kier molecular flexibility index (Phi) is 8.23. The molecule has 3 N–H and O–H groups in total. The molecular formula is C33H39N5O5S2. The van der Waals surface area contributed by atoms with E-state index < -0.39 is 50.1 Å². The molecular weight excluding hydrogens is 611 g/mol. The molecule has 0 bridgehead atoms. The molecule has 10 nitrogen and oxygen atoms in total. The van der Waals surface area contributed by atoms with Crippen LogP contribution in [0.25, 0.3) is 21.7 Å². The minimum Gasteiger partial charge on any atom is -0.349 e. The van der Waals surface area contributed by atoms with Gasteiger partial charge in [0.15, 0.2) is 5.13 Å². The van der Waals surface area contributed by atoms with Crippen LogP contribution in [0.3, 0.4) is 0 Å². The molecule has 0 unspecified atom stereocenters. The molecule has 3 aliphatic rings. The molecule has 45 heavy (non-hydrogen) atoms. The van der Waals surface area contributed by atoms with Crippen LogP contribution in [0.5, 0.6) is 0 Å². The molecule has 3 fully saturated rings. The molecule has 3 aromatic rings. The summed E-state index contributed by atoms with van der Waals surface area (Å²) in [7, 11) is -3.73. The largest absolute Gasteiger partial charge is 0.349 e. The first-order chi connectivity index (χ1) is 21.4. The molecule has 2 atom stereocenters. The summed E-state index contributed by atoms with van der Waals surface area (Å²) in [5.41, 5.74) is 1.05. The lowest BCUT2D eigenvalue weighted by atomic mass is 9.85. The molecule has 1 aliphatic heterocycles. The summed E-state index contributed by atoms with van der Waals surface area (Å²) in [4.78, 5) is 48.2. The van der Waals surface area contributed by atoms with Gasteiger partial charge in [0.05, 0.1) is 15.8 Å². The Morgan fingerprint density at radius 3 is 2.16 bits per heavy atom. The Morgan fingerprint density at radius 1 is 0.956 bits per heavy atom. The molecule has 238 valence electrons. The molecule has 1 aromatic heterocycles. The molecule has 2 saturated carbocycles. The van der Waals surface area contributed by atoms with Crippen LogP contribution in [-0.4, -0.2) is 65.4 Å². The summed E-state index contributed by atoms with van der Waals surface area (Å²) in [5.74, 6) is -1.35. The lowest BCUT2D eigenvalue weighted by Gasteiger charge is -2.35. The van der Waals surface area contributed by atoms with Crippen molar-refractivity contribution in [2.24, 2.45) is 5.41 Å². The summed E-state index contributed by atoms with van der Waals surface area (Å²) < 4.78 is 26.9. The summed E-state index contributed by atoms with van der Waals surface area (Å²) >= 11 is 1.48. The fourth-order valence-corrected chi connectivity index (χ4v) is 8.14. The normalized spacial score (nSPS) is 19.9. The van der Waals surface area contributed by atoms with Gasteiger partial charge >= 0.3 is 0 Å². The van der Waals surface area contributed by atoms with Crippen LogP contribution in [0.2, 0.25) is 0 Å². The highest BCUT2D eigenvalue weighted by Gasteiger charge is 2.54. The number of sulfonamides is 1. The van der Waals surface area contributed by atoms with Gasteiger partial charge in [0.1, 0.15) is 17.6 Å². The second-order valence-corrected chi connectivity index (χ2v) is 16.3. The molecule has 1 saturated heterocycles. The van der Waals surface area contributed by atoms with Gasteiger partial charge in [0.2, 0.25) is 21.8 Å². The van der Waals surface area contributed by atoms with E-state index in [0.29, 0.717) is 50.2 Å². The number of nitrogens with zero attached hydrogens (tertiary/aromatic N) is 2. The highest BCUT2D eigenvalue weighted by atomic mass is 32.2. The third-order valence-electron chi connectivity index (χ3n) is 8.67. The van der Waals surface area contributed by atoms with E-state index in [4.69, 9.17) is 4.98 Å². The Balaban J connectivity index is 1.21. The van der Waals surface area contributed by atoms with Gasteiger partial charge in [0, 0.05) is 12.1 Å². The highest BCUT2D eigenvalue weighted by molar-refractivity contribution is 7.91. The quantitative estimate of drug-likeness (QED) is 0.293. The van der Waals surface area contributed by atoms with E-state index >= 15 is 0 Å². The van der Waals surface area contributed by atoms with Gasteiger partial charge < -0.3 is 15.5 Å². The molecule has 0 spiro atoms. The Labute approximate surface area is 268 Å². The van der Waals surface area contributed by atoms with Crippen LogP contribution in [0.1, 0.15) is 59.3 Å². The number of likely N-dealkylation sites (tertiary alicyclic amines) is 1. The predicted octanol–water partition coefficient (Wildman–Crippen LogP) is 4.55. The number of hydrogen-bond acceptors (Lipinski definition) is 8. The number of carbonyl (C=O) groups is 3. The van der Waals surface area contributed by atoms with Crippen LogP contribution >= 0.6 is 11.3 Å². The van der Waals surface area contributed by atoms with Crippen molar-refractivity contribution in [1.29, 1.82) is 0 Å². The Morgan fingerprint density at radius 2 is 1.58 bits per heavy atom. The molecule has 6 rings (SSSR count). The van der Waals surface area contributed by atoms with Crippen molar-refractivity contribution in [3.63, 3.8) is 0 Å². The monoisotopic (exact) mass is 649 g/mol. The highest BCUT2D eigenvalue weighted by Crippen LogP contribution is 2.41. The third-order valence-corrected chi connectivity index (χ3v) is 11.5. The number of nitrogens with one attached hydrogen (secondary N) is 3. The second kappa shape index (κ2) is 11.9. The topological polar surface area (TPSA) is 138 Å². The van der Waals surface area contributed by atoms with Crippen LogP contribution in [0.15, 0.2) is 60.7 Å². The maximum Gasteiger partial charge on any atom is 0.259 e. The summed E-state index contributed by atoms with van der Waals surface area (Å²) in [6.07, 6.45) is 2.88. The number of carbonyl (C=O) groups excluding carboxylic acids is 3. The zero-order chi connectivity index (χ0) is 32.0. The zero-order valence-corrected chi connectivity index (χ0v) is 27.3. The minimum atomic E-state index is -3.73. The van der Waals surface area contributed by atoms with Crippen LogP contribution < -0.4 is 15.4 Å². The van der Waals surface area contributed by atoms with E-state index in [0.717, 1.165) is 21.7 Å². The van der Waals surface area contributed by atoms with E-state index in [-0.39, 0.29) is 5.91 Å². The minimum absolute atomic E-state index is 0.219. The maximum atomic E-state index is 14.2. The molecule has 3 amide bonds. The number of aromatic nitrogens is 1. The maximum absolute atomic E-state index is 14.2. The molecule has 12 heteroatoms. The second-order valence-electron chi connectivity index (χ2n) is 13.3. The average Bonchev–Trinajstić information content (AvgIpc) is 3.92. The number of thiazole rings is 1. The first-order valence-corrected chi connectivity index (χ1v) is 17.8. The van der Waals surface area contributed by atoms with E-state index in [2.05, 4.69) is 15.4 Å². The summed E-state index contributed by atoms with van der Waals surface area (Å²) in [5, 5.41) is 6.31. The lowest BCUT2D eigenvalue weighted by Crippen LogP contribution is -2.58. The van der Waals surface area contributed by atoms with Gasteiger partial charge in [-0.2, -0.15) is 0 Å². The van der Waals surface area contributed by atoms with Crippen LogP contribution in [0, 0.1) is 5.41 Å². The molecule has 0 radical (unpaired) electrons. The number of amides is 3. The van der Waals surface area contributed by atoms with E-state index in [1.165, 1.54) is 11.3 Å². The van der Waals surface area contributed by atoms with Crippen LogP contribution in [-0.2, 0) is 24.4 Å². The molecule has 2 aromatic carbocycles. The standard InChI is InChI=1S/C33H39N5O5S2/c1-32(2,3)27(35-31-34-25(21-11-6-4-7-12-21)26(44-31)22-13-8-5-9-14-22)29(40)38-20-10-15-24(38)28(39)36-33(18-19-33)30(41)37-45(42,43)23-16-17-23/h4-9,11-14,23-24,27H,10,15-20H2,1-3H3,(H,34,35)(H,36,39)(H,37,41)/t24-,27+/m0/s1. The van der Waals surface area contributed by atoms with Crippen molar-refractivity contribution in [2.75, 3.05) is 11.9 Å². The van der Waals surface area contributed by atoms with Crippen molar-refractivity contribution in [3.8, 4) is 21.7 Å². The smallest absolute Gasteiger partial charge is 0.259 e. The SMILES string of the molecule is CC(C)(C)[C@H](Nc1nc(-c2ccccc2)c(-c2ccccc2)s1)C(=O)N1CCC[C@H]1C(=O)NC1(C(=O)NS(=O)(=O)C2CC2)CC1. The Hall–Kier alpha value is -3.77. The fourth-order valence-electron chi connectivity index (χ4n) is 5.74. The number of benzene rings is 2. The number of anilines is 1. The van der Waals surface area contributed by atoms with Gasteiger partial charge in [-0.15, -0.1) is 0 Å². The van der Waals surface area contributed by atoms with Gasteiger partial charge in [-0.3, -0.25) is 19.1 Å². The number of hydrogen-bond donors (Lipinski definition) is 3. The predicted molar refractivity (Wildman–Crippen MR) is 175 cm³/mol. The third kappa shape index (κ3) is 6.62. The Bertz CT molecular complexity index is 1640. The van der Waals surface area contributed by atoms with Crippen molar-refractivity contribution >= 4 is 44.2 Å². The van der Waals surface area contributed by atoms with Crippen molar-refractivity contribution in [1.82, 2.24) is 19.9 Å². The molecule has 2 aliphatic carbocycles. The van der Waals surface area contributed by atoms with Gasteiger partial charge in [0.25, 0.3) is 5.91 Å². The van der Waals surface area contributed by atoms with Crippen LogP contribution in [0.4, 0.5) is 5.13 Å². The summed E-state index contributed by atoms with van der Waals surface area (Å²) in [6, 6.07) is 18.5. The van der Waals surface area contributed by atoms with Crippen molar-refractivity contribution in [2.45, 2.75) is 82.2 Å². The zero-order valence-electron chi connectivity index (χ0n) is 25.7. The fraction of sp³-hybridized carbons (Fsp3) is 0.455. The first kappa shape index (κ1) is 31.2. The van der Waals surface area contributed by atoms with E-state index in [1.807, 2.05) is 81.4 Å². The average molecular weight is 650 g/mol. The van der Waals surface area contributed by atoms with Gasteiger partial charge in [-0.1, -0.05) is 92.8 Å². The van der Waals surface area contributed by atoms with Crippen molar-refractivity contribution < 1.29 is 22.8 Å². The molecule has 2 heterocycles. The van der Waals surface area contributed by atoms with E-state index in [9.17, 15) is 22.8 Å². The van der Waals surface area contributed by atoms with Crippen molar-refractivity contribution in [3.05, 3.63) is 60.7 Å². The first-order valence-electron chi connectivity index (χ1n) is 15.4. The lowest BCUT2D eigenvalue weighted by molar-refractivity contribution is -0.141. The van der Waals surface area contributed by atoms with E-state index in [1.54, 1.807) is 4.90 Å². The van der Waals surface area contributed by atoms with Gasteiger partial charge in [-0.25, -0.2) is 13.4 Å². The van der Waals surface area contributed by atoms with Gasteiger partial charge in [-0.05, 0) is 49.5 Å². The summed E-state index contributed by atoms with van der Waals surface area (Å²) in [6.45, 7) is 6.33.